The summed E-state index contributed by atoms with van der Waals surface area (Å²) in [4.78, 5) is 24.9. The number of amides is 1. The predicted octanol–water partition coefficient (Wildman–Crippen LogP) is 3.83. The Morgan fingerprint density at radius 1 is 1.12 bits per heavy atom. The van der Waals surface area contributed by atoms with Crippen LogP contribution >= 0.6 is 27.7 Å². The lowest BCUT2D eigenvalue weighted by atomic mass is 10.1. The number of fused-ring (bicyclic) bond motifs is 1. The smallest absolute Gasteiger partial charge is 0.270 e. The van der Waals surface area contributed by atoms with Gasteiger partial charge in [-0.2, -0.15) is 0 Å². The second-order valence-electron chi connectivity index (χ2n) is 6.30. The topological polar surface area (TPSA) is 66.9 Å². The number of anilines is 1. The minimum atomic E-state index is -0.140. The van der Waals surface area contributed by atoms with Crippen LogP contribution in [-0.2, 0) is 4.79 Å². The van der Waals surface area contributed by atoms with E-state index in [0.29, 0.717) is 17.1 Å². The van der Waals surface area contributed by atoms with Crippen molar-refractivity contribution in [2.45, 2.75) is 37.0 Å². The zero-order chi connectivity index (χ0) is 16.7. The lowest BCUT2D eigenvalue weighted by Gasteiger charge is -2.16. The van der Waals surface area contributed by atoms with Crippen molar-refractivity contribution in [3.63, 3.8) is 0 Å². The molecule has 0 spiro atoms. The first-order valence-electron chi connectivity index (χ1n) is 8.15. The molecule has 0 saturated heterocycles. The Morgan fingerprint density at radius 2 is 1.83 bits per heavy atom. The van der Waals surface area contributed by atoms with Crippen LogP contribution in [0.25, 0.3) is 0 Å². The van der Waals surface area contributed by atoms with Crippen molar-refractivity contribution in [2.75, 3.05) is 11.1 Å². The summed E-state index contributed by atoms with van der Waals surface area (Å²) < 4.78 is 2.90. The molecule has 2 N–H and O–H groups in total. The Hall–Kier alpha value is -1.47. The largest absolute Gasteiger partial charge is 0.310 e. The van der Waals surface area contributed by atoms with Crippen molar-refractivity contribution in [3.05, 3.63) is 50.2 Å². The van der Waals surface area contributed by atoms with Crippen molar-refractivity contribution in [3.8, 4) is 0 Å². The number of halogens is 1. The molecule has 2 heterocycles. The van der Waals surface area contributed by atoms with Gasteiger partial charge in [0.1, 0.15) is 5.82 Å². The highest BCUT2D eigenvalue weighted by molar-refractivity contribution is 9.10. The van der Waals surface area contributed by atoms with Gasteiger partial charge >= 0.3 is 0 Å². The van der Waals surface area contributed by atoms with Crippen LogP contribution in [0.4, 0.5) is 5.82 Å². The van der Waals surface area contributed by atoms with E-state index in [1.54, 1.807) is 0 Å². The number of carbonyl (C=O) groups is 1. The molecule has 0 radical (unpaired) electrons. The number of nitrogens with one attached hydrogen (secondary N) is 2. The van der Waals surface area contributed by atoms with Crippen LogP contribution in [0.1, 0.15) is 48.1 Å². The third-order valence-corrected chi connectivity index (χ3v) is 6.53. The number of nitrogens with zero attached hydrogens (tertiary/aromatic N) is 1. The molecule has 1 amide bonds. The zero-order valence-electron chi connectivity index (χ0n) is 13.0. The molecule has 1 aromatic heterocycles. The molecule has 1 fully saturated rings. The van der Waals surface area contributed by atoms with E-state index in [1.165, 1.54) is 24.6 Å². The number of aromatic nitrogens is 2. The van der Waals surface area contributed by atoms with Gasteiger partial charge in [-0.25, -0.2) is 0 Å². The average molecular weight is 408 g/mol. The van der Waals surface area contributed by atoms with Crippen molar-refractivity contribution >= 4 is 39.4 Å². The molecule has 4 rings (SSSR count). The van der Waals surface area contributed by atoms with Crippen LogP contribution in [0.5, 0.6) is 0 Å². The van der Waals surface area contributed by atoms with E-state index >= 15 is 0 Å². The number of aromatic amines is 1. The summed E-state index contributed by atoms with van der Waals surface area (Å²) in [5.74, 6) is 0.959. The fraction of sp³-hybridized carbons (Fsp3) is 0.412. The molecule has 2 aromatic rings. The van der Waals surface area contributed by atoms with Crippen LogP contribution in [0.2, 0.25) is 0 Å². The minimum absolute atomic E-state index is 0.0494. The first-order valence-corrected chi connectivity index (χ1v) is 9.99. The number of hydrogen-bond acceptors (Lipinski definition) is 3. The maximum absolute atomic E-state index is 12.7. The van der Waals surface area contributed by atoms with Crippen molar-refractivity contribution in [1.82, 2.24) is 9.78 Å². The molecule has 1 unspecified atom stereocenters. The summed E-state index contributed by atoms with van der Waals surface area (Å²) in [6.07, 6.45) is 4.42. The molecular formula is C17H18BrN3O2S. The lowest BCUT2D eigenvalue weighted by Crippen LogP contribution is -2.18. The van der Waals surface area contributed by atoms with E-state index in [-0.39, 0.29) is 22.8 Å². The van der Waals surface area contributed by atoms with Gasteiger partial charge in [-0.3, -0.25) is 19.4 Å². The van der Waals surface area contributed by atoms with E-state index in [2.05, 4.69) is 26.3 Å². The van der Waals surface area contributed by atoms with Gasteiger partial charge in [0.2, 0.25) is 5.91 Å². The Balaban J connectivity index is 1.83. The summed E-state index contributed by atoms with van der Waals surface area (Å²) in [6.45, 7) is 0. The van der Waals surface area contributed by atoms with Crippen LogP contribution in [0.3, 0.4) is 0 Å². The highest BCUT2D eigenvalue weighted by Gasteiger charge is 2.32. The van der Waals surface area contributed by atoms with Gasteiger partial charge in [-0.05, 0) is 30.5 Å². The molecule has 1 aliphatic carbocycles. The van der Waals surface area contributed by atoms with Crippen LogP contribution in [-0.4, -0.2) is 21.4 Å². The second-order valence-corrected chi connectivity index (χ2v) is 8.31. The molecule has 0 bridgehead atoms. The molecule has 1 aliphatic heterocycles. The quantitative estimate of drug-likeness (QED) is 0.794. The van der Waals surface area contributed by atoms with Crippen molar-refractivity contribution in [1.29, 1.82) is 0 Å². The highest BCUT2D eigenvalue weighted by Crippen LogP contribution is 2.42. The molecule has 24 heavy (non-hydrogen) atoms. The maximum Gasteiger partial charge on any atom is 0.270 e. The lowest BCUT2D eigenvalue weighted by molar-refractivity contribution is -0.113. The SMILES string of the molecule is O=C1CSC(c2ccc(Br)cc2)c2c(n(C3CCCC3)[nH]c2=O)N1. The Kier molecular flexibility index (Phi) is 4.30. The van der Waals surface area contributed by atoms with E-state index < -0.39 is 0 Å². The van der Waals surface area contributed by atoms with E-state index in [9.17, 15) is 9.59 Å². The minimum Gasteiger partial charge on any atom is -0.310 e. The van der Waals surface area contributed by atoms with Gasteiger partial charge in [0.05, 0.1) is 22.6 Å². The zero-order valence-corrected chi connectivity index (χ0v) is 15.5. The summed E-state index contributed by atoms with van der Waals surface area (Å²) in [5, 5.41) is 5.80. The number of thioether (sulfide) groups is 1. The Bertz CT molecular complexity index is 821. The molecule has 7 heteroatoms. The van der Waals surface area contributed by atoms with Crippen LogP contribution in [0.15, 0.2) is 33.5 Å². The first kappa shape index (κ1) is 16.0. The fourth-order valence-corrected chi connectivity index (χ4v) is 4.97. The standard InChI is InChI=1S/C17H18BrN3O2S/c18-11-7-5-10(6-8-11)15-14-16(19-13(22)9-24-15)21(20-17(14)23)12-3-1-2-4-12/h5-8,12,15H,1-4,9H2,(H,19,22)(H,20,23). The van der Waals surface area contributed by atoms with Crippen molar-refractivity contribution in [2.24, 2.45) is 0 Å². The molecule has 5 nitrogen and oxygen atoms in total. The second kappa shape index (κ2) is 6.44. The maximum atomic E-state index is 12.7. The van der Waals surface area contributed by atoms with E-state index in [4.69, 9.17) is 0 Å². The fourth-order valence-electron chi connectivity index (χ4n) is 3.58. The van der Waals surface area contributed by atoms with E-state index in [0.717, 1.165) is 22.9 Å². The highest BCUT2D eigenvalue weighted by atomic mass is 79.9. The normalized spacial score (nSPS) is 21.4. The molecule has 1 saturated carbocycles. The number of benzene rings is 1. The number of rotatable bonds is 2. The molecule has 2 aliphatic rings. The Labute approximate surface area is 152 Å². The number of hydrogen-bond donors (Lipinski definition) is 2. The molecule has 1 aromatic carbocycles. The third kappa shape index (κ3) is 2.84. The summed E-state index contributed by atoms with van der Waals surface area (Å²) >= 11 is 4.95. The molecule has 126 valence electrons. The van der Waals surface area contributed by atoms with Gasteiger partial charge in [0, 0.05) is 4.47 Å². The van der Waals surface area contributed by atoms with Gasteiger partial charge in [-0.15, -0.1) is 11.8 Å². The number of carbonyl (C=O) groups excluding carboxylic acids is 1. The van der Waals surface area contributed by atoms with E-state index in [1.807, 2.05) is 28.9 Å². The summed E-state index contributed by atoms with van der Waals surface area (Å²) in [5.41, 5.74) is 1.61. The molecule has 1 atom stereocenters. The Morgan fingerprint density at radius 3 is 2.54 bits per heavy atom. The summed E-state index contributed by atoms with van der Waals surface area (Å²) in [6, 6.07) is 8.23. The first-order chi connectivity index (χ1) is 11.6. The molecular weight excluding hydrogens is 390 g/mol. The monoisotopic (exact) mass is 407 g/mol. The van der Waals surface area contributed by atoms with Crippen LogP contribution < -0.4 is 10.9 Å². The average Bonchev–Trinajstić information content (AvgIpc) is 3.15. The van der Waals surface area contributed by atoms with Gasteiger partial charge in [0.25, 0.3) is 5.56 Å². The predicted molar refractivity (Wildman–Crippen MR) is 99.6 cm³/mol. The third-order valence-electron chi connectivity index (χ3n) is 4.73. The van der Waals surface area contributed by atoms with Crippen LogP contribution in [0, 0.1) is 0 Å². The van der Waals surface area contributed by atoms with Crippen molar-refractivity contribution < 1.29 is 4.79 Å². The van der Waals surface area contributed by atoms with Gasteiger partial charge < -0.3 is 5.32 Å². The van der Waals surface area contributed by atoms with Gasteiger partial charge in [-0.1, -0.05) is 40.9 Å². The number of H-pyrrole nitrogens is 1. The van der Waals surface area contributed by atoms with Gasteiger partial charge in [0.15, 0.2) is 0 Å². The summed E-state index contributed by atoms with van der Waals surface area (Å²) in [7, 11) is 0.